The van der Waals surface area contributed by atoms with Crippen LogP contribution in [-0.4, -0.2) is 27.6 Å². The predicted molar refractivity (Wildman–Crippen MR) is 110 cm³/mol. The summed E-state index contributed by atoms with van der Waals surface area (Å²) in [6.45, 7) is 1.96. The lowest BCUT2D eigenvalue weighted by molar-refractivity contribution is -0.385. The SMILES string of the molecule is CCCc1nc2ccc(Br)cc2c(=O)n1N=Cc1cc2c(cc1[N+](=O)[O-])OCO2. The molecule has 0 unspecified atom stereocenters. The maximum atomic E-state index is 13.0. The number of benzene rings is 2. The summed E-state index contributed by atoms with van der Waals surface area (Å²) in [7, 11) is 0. The minimum absolute atomic E-state index is 0.00331. The molecule has 0 fully saturated rings. The minimum Gasteiger partial charge on any atom is -0.454 e. The molecule has 2 heterocycles. The van der Waals surface area contributed by atoms with Gasteiger partial charge in [-0.3, -0.25) is 14.9 Å². The molecule has 29 heavy (non-hydrogen) atoms. The Morgan fingerprint density at radius 1 is 1.31 bits per heavy atom. The van der Waals surface area contributed by atoms with Gasteiger partial charge in [0.2, 0.25) is 6.79 Å². The van der Waals surface area contributed by atoms with Gasteiger partial charge in [0.15, 0.2) is 11.5 Å². The number of hydrogen-bond acceptors (Lipinski definition) is 7. The number of nitro benzene ring substituents is 1. The monoisotopic (exact) mass is 458 g/mol. The number of nitro groups is 1. The highest BCUT2D eigenvalue weighted by atomic mass is 79.9. The molecule has 0 aliphatic carbocycles. The Morgan fingerprint density at radius 2 is 2.07 bits per heavy atom. The molecule has 0 amide bonds. The molecular weight excluding hydrogens is 444 g/mol. The molecule has 0 N–H and O–H groups in total. The van der Waals surface area contributed by atoms with E-state index in [1.54, 1.807) is 12.1 Å². The highest BCUT2D eigenvalue weighted by Crippen LogP contribution is 2.37. The lowest BCUT2D eigenvalue weighted by Crippen LogP contribution is -2.22. The first-order chi connectivity index (χ1) is 14.0. The average Bonchev–Trinajstić information content (AvgIpc) is 3.15. The molecule has 0 bridgehead atoms. The van der Waals surface area contributed by atoms with Crippen molar-refractivity contribution in [3.05, 3.63) is 66.7 Å². The maximum absolute atomic E-state index is 13.0. The fraction of sp³-hybridized carbons (Fsp3) is 0.211. The van der Waals surface area contributed by atoms with Crippen molar-refractivity contribution in [2.45, 2.75) is 19.8 Å². The second-order valence-electron chi connectivity index (χ2n) is 6.32. The van der Waals surface area contributed by atoms with Crippen LogP contribution in [0.25, 0.3) is 10.9 Å². The molecule has 1 aliphatic rings. The van der Waals surface area contributed by atoms with Gasteiger partial charge in [0.05, 0.1) is 33.7 Å². The average molecular weight is 459 g/mol. The highest BCUT2D eigenvalue weighted by molar-refractivity contribution is 9.10. The van der Waals surface area contributed by atoms with Crippen LogP contribution in [0.1, 0.15) is 24.7 Å². The molecule has 0 saturated carbocycles. The number of rotatable bonds is 5. The summed E-state index contributed by atoms with van der Waals surface area (Å²) < 4.78 is 12.4. The van der Waals surface area contributed by atoms with E-state index >= 15 is 0 Å². The highest BCUT2D eigenvalue weighted by Gasteiger charge is 2.22. The molecule has 4 rings (SSSR count). The third kappa shape index (κ3) is 3.58. The van der Waals surface area contributed by atoms with E-state index in [1.807, 2.05) is 13.0 Å². The van der Waals surface area contributed by atoms with Crippen LogP contribution < -0.4 is 15.0 Å². The fourth-order valence-electron chi connectivity index (χ4n) is 3.03. The second kappa shape index (κ2) is 7.63. The summed E-state index contributed by atoms with van der Waals surface area (Å²) in [5.74, 6) is 1.17. The number of hydrogen-bond donors (Lipinski definition) is 0. The summed E-state index contributed by atoms with van der Waals surface area (Å²) >= 11 is 3.36. The van der Waals surface area contributed by atoms with E-state index in [1.165, 1.54) is 23.0 Å². The smallest absolute Gasteiger partial charge is 0.282 e. The van der Waals surface area contributed by atoms with Gasteiger partial charge < -0.3 is 9.47 Å². The van der Waals surface area contributed by atoms with Crippen molar-refractivity contribution in [3.8, 4) is 11.5 Å². The van der Waals surface area contributed by atoms with Crippen molar-refractivity contribution in [1.82, 2.24) is 9.66 Å². The van der Waals surface area contributed by atoms with Gasteiger partial charge in [0, 0.05) is 10.9 Å². The standard InChI is InChI=1S/C19H15BrN4O5/c1-2-3-18-22-14-5-4-12(20)7-13(14)19(25)23(18)21-9-11-6-16-17(29-10-28-16)8-15(11)24(26)27/h4-9H,2-3,10H2,1H3. The van der Waals surface area contributed by atoms with Crippen LogP contribution in [0.2, 0.25) is 0 Å². The van der Waals surface area contributed by atoms with Crippen LogP contribution in [0.4, 0.5) is 5.69 Å². The summed E-state index contributed by atoms with van der Waals surface area (Å²) in [4.78, 5) is 28.5. The molecule has 10 heteroatoms. The van der Waals surface area contributed by atoms with Crippen molar-refractivity contribution in [2.75, 3.05) is 6.79 Å². The van der Waals surface area contributed by atoms with Gasteiger partial charge in [-0.05, 0) is 30.7 Å². The van der Waals surface area contributed by atoms with Crippen LogP contribution in [-0.2, 0) is 6.42 Å². The number of aromatic nitrogens is 2. The number of fused-ring (bicyclic) bond motifs is 2. The zero-order valence-corrected chi connectivity index (χ0v) is 16.9. The van der Waals surface area contributed by atoms with E-state index in [0.717, 1.165) is 10.9 Å². The predicted octanol–water partition coefficient (Wildman–Crippen LogP) is 3.63. The second-order valence-corrected chi connectivity index (χ2v) is 7.24. The molecule has 0 radical (unpaired) electrons. The van der Waals surface area contributed by atoms with Crippen molar-refractivity contribution >= 4 is 38.7 Å². The van der Waals surface area contributed by atoms with E-state index in [4.69, 9.17) is 9.47 Å². The van der Waals surface area contributed by atoms with Gasteiger partial charge in [-0.1, -0.05) is 22.9 Å². The van der Waals surface area contributed by atoms with E-state index in [0.29, 0.717) is 34.6 Å². The lowest BCUT2D eigenvalue weighted by atomic mass is 10.1. The molecule has 0 spiro atoms. The van der Waals surface area contributed by atoms with Crippen molar-refractivity contribution in [3.63, 3.8) is 0 Å². The summed E-state index contributed by atoms with van der Waals surface area (Å²) in [6, 6.07) is 8.01. The Labute approximate surface area is 172 Å². The van der Waals surface area contributed by atoms with Gasteiger partial charge in [0.1, 0.15) is 5.82 Å². The first-order valence-corrected chi connectivity index (χ1v) is 9.61. The Morgan fingerprint density at radius 3 is 2.79 bits per heavy atom. The largest absolute Gasteiger partial charge is 0.454 e. The Kier molecular flexibility index (Phi) is 5.01. The van der Waals surface area contributed by atoms with Gasteiger partial charge >= 0.3 is 0 Å². The van der Waals surface area contributed by atoms with Crippen molar-refractivity contribution in [1.29, 1.82) is 0 Å². The van der Waals surface area contributed by atoms with E-state index in [-0.39, 0.29) is 23.6 Å². The quantitative estimate of drug-likeness (QED) is 0.328. The zero-order chi connectivity index (χ0) is 20.5. The maximum Gasteiger partial charge on any atom is 0.282 e. The van der Waals surface area contributed by atoms with Gasteiger partial charge in [-0.2, -0.15) is 9.78 Å². The molecule has 0 atom stereocenters. The Bertz CT molecular complexity index is 1220. The third-order valence-corrected chi connectivity index (χ3v) is 4.87. The van der Waals surface area contributed by atoms with Crippen molar-refractivity contribution < 1.29 is 14.4 Å². The molecule has 1 aromatic heterocycles. The molecule has 2 aromatic carbocycles. The first kappa shape index (κ1) is 19.1. The van der Waals surface area contributed by atoms with Gasteiger partial charge in [0.25, 0.3) is 11.2 Å². The number of ether oxygens (including phenoxy) is 2. The lowest BCUT2D eigenvalue weighted by Gasteiger charge is -2.08. The topological polar surface area (TPSA) is 109 Å². The fourth-order valence-corrected chi connectivity index (χ4v) is 3.39. The van der Waals surface area contributed by atoms with E-state index in [9.17, 15) is 14.9 Å². The third-order valence-electron chi connectivity index (χ3n) is 4.38. The number of halogens is 1. The summed E-state index contributed by atoms with van der Waals surface area (Å²) in [5, 5.41) is 16.1. The van der Waals surface area contributed by atoms with Crippen LogP contribution in [0, 0.1) is 10.1 Å². The van der Waals surface area contributed by atoms with Crippen LogP contribution in [0.3, 0.4) is 0 Å². The molecule has 0 saturated heterocycles. The van der Waals surface area contributed by atoms with Crippen LogP contribution in [0.15, 0.2) is 44.7 Å². The molecule has 148 valence electrons. The zero-order valence-electron chi connectivity index (χ0n) is 15.3. The molecule has 3 aromatic rings. The summed E-state index contributed by atoms with van der Waals surface area (Å²) in [5.41, 5.74) is 0.226. The number of nitrogens with zero attached hydrogens (tertiary/aromatic N) is 4. The van der Waals surface area contributed by atoms with Crippen LogP contribution in [0.5, 0.6) is 11.5 Å². The molecule has 9 nitrogen and oxygen atoms in total. The van der Waals surface area contributed by atoms with Gasteiger partial charge in [-0.15, -0.1) is 0 Å². The molecular formula is C19H15BrN4O5. The minimum atomic E-state index is -0.533. The van der Waals surface area contributed by atoms with Crippen molar-refractivity contribution in [2.24, 2.45) is 5.10 Å². The normalized spacial score (nSPS) is 12.8. The molecule has 1 aliphatic heterocycles. The van der Waals surface area contributed by atoms with E-state index in [2.05, 4.69) is 26.0 Å². The van der Waals surface area contributed by atoms with Crippen LogP contribution >= 0.6 is 15.9 Å². The Hall–Kier alpha value is -3.27. The van der Waals surface area contributed by atoms with Gasteiger partial charge in [-0.25, -0.2) is 4.98 Å². The van der Waals surface area contributed by atoms with E-state index < -0.39 is 4.92 Å². The number of aryl methyl sites for hydroxylation is 1. The summed E-state index contributed by atoms with van der Waals surface area (Å²) in [6.07, 6.45) is 2.56. The Balaban J connectivity index is 1.86. The first-order valence-electron chi connectivity index (χ1n) is 8.81.